The predicted octanol–water partition coefficient (Wildman–Crippen LogP) is 6.36. The number of anilines is 1. The van der Waals surface area contributed by atoms with Gasteiger partial charge in [-0.3, -0.25) is 4.90 Å². The van der Waals surface area contributed by atoms with E-state index in [2.05, 4.69) is 41.2 Å². The van der Waals surface area contributed by atoms with Crippen molar-refractivity contribution in [1.29, 1.82) is 0 Å². The minimum Gasteiger partial charge on any atom is -0.454 e. The number of ether oxygens (including phenoxy) is 1. The third-order valence-electron chi connectivity index (χ3n) is 7.88. The average molecular weight is 553 g/mol. The standard InChI is InChI=1S/C31H35F3N4O2/c1-21-3-6-24(35-31(39)38-15-13-36(2)14-16-38)17-26(21)23-9-11-37(12-10-23)20-22-4-7-25(8-5-22)40-30-19-28(33)27(32)18-29(30)34/h3-8,17-19,23H,9-16,20H2,1-2H3,(H,35,39). The minimum atomic E-state index is -1.25. The molecule has 0 spiro atoms. The molecule has 9 heteroatoms. The zero-order valence-corrected chi connectivity index (χ0v) is 22.9. The second-order valence-electron chi connectivity index (χ2n) is 10.8. The van der Waals surface area contributed by atoms with Crippen LogP contribution in [0.15, 0.2) is 54.6 Å². The van der Waals surface area contributed by atoms with E-state index in [-0.39, 0.29) is 11.8 Å². The third kappa shape index (κ3) is 6.77. The molecule has 1 N–H and O–H groups in total. The highest BCUT2D eigenvalue weighted by Gasteiger charge is 2.24. The van der Waals surface area contributed by atoms with E-state index in [1.165, 1.54) is 11.1 Å². The molecule has 5 rings (SSSR count). The Morgan fingerprint density at radius 1 is 0.875 bits per heavy atom. The van der Waals surface area contributed by atoms with Gasteiger partial charge in [0.15, 0.2) is 23.2 Å². The van der Waals surface area contributed by atoms with Crippen molar-refractivity contribution in [2.45, 2.75) is 32.2 Å². The van der Waals surface area contributed by atoms with Gasteiger partial charge in [0.2, 0.25) is 0 Å². The molecular formula is C31H35F3N4O2. The van der Waals surface area contributed by atoms with Gasteiger partial charge in [0, 0.05) is 50.5 Å². The first-order chi connectivity index (χ1) is 19.2. The molecule has 3 aromatic rings. The van der Waals surface area contributed by atoms with E-state index in [1.54, 1.807) is 12.1 Å². The minimum absolute atomic E-state index is 0.0379. The van der Waals surface area contributed by atoms with Crippen molar-refractivity contribution < 1.29 is 22.7 Å². The van der Waals surface area contributed by atoms with Gasteiger partial charge in [-0.1, -0.05) is 18.2 Å². The van der Waals surface area contributed by atoms with Crippen LogP contribution in [0.1, 0.15) is 35.4 Å². The largest absolute Gasteiger partial charge is 0.454 e. The molecule has 2 saturated heterocycles. The van der Waals surface area contributed by atoms with Crippen LogP contribution >= 0.6 is 0 Å². The van der Waals surface area contributed by atoms with Crippen LogP contribution in [-0.4, -0.2) is 67.0 Å². The molecule has 0 bridgehead atoms. The molecule has 0 aliphatic carbocycles. The van der Waals surface area contributed by atoms with Crippen molar-refractivity contribution in [2.75, 3.05) is 51.6 Å². The number of urea groups is 1. The molecule has 0 radical (unpaired) electrons. The highest BCUT2D eigenvalue weighted by atomic mass is 19.2. The maximum absolute atomic E-state index is 13.9. The lowest BCUT2D eigenvalue weighted by Crippen LogP contribution is -2.48. The topological polar surface area (TPSA) is 48.1 Å². The Bertz CT molecular complexity index is 1340. The van der Waals surface area contributed by atoms with Gasteiger partial charge in [-0.25, -0.2) is 18.0 Å². The van der Waals surface area contributed by atoms with Crippen molar-refractivity contribution in [3.05, 3.63) is 88.7 Å². The molecule has 3 aromatic carbocycles. The van der Waals surface area contributed by atoms with E-state index in [4.69, 9.17) is 4.74 Å². The molecule has 0 aromatic heterocycles. The van der Waals surface area contributed by atoms with Gasteiger partial charge in [-0.05, 0) is 86.8 Å². The summed E-state index contributed by atoms with van der Waals surface area (Å²) in [4.78, 5) is 19.3. The molecular weight excluding hydrogens is 517 g/mol. The lowest BCUT2D eigenvalue weighted by Gasteiger charge is -2.33. The second kappa shape index (κ2) is 12.3. The SMILES string of the molecule is Cc1ccc(NC(=O)N2CCN(C)CC2)cc1C1CCN(Cc2ccc(Oc3cc(F)c(F)cc3F)cc2)CC1. The maximum atomic E-state index is 13.9. The number of amides is 2. The van der Waals surface area contributed by atoms with Crippen LogP contribution in [0.5, 0.6) is 11.5 Å². The van der Waals surface area contributed by atoms with Crippen LogP contribution in [0, 0.1) is 24.4 Å². The molecule has 40 heavy (non-hydrogen) atoms. The summed E-state index contributed by atoms with van der Waals surface area (Å²) >= 11 is 0. The molecule has 2 aliphatic rings. The Kier molecular flexibility index (Phi) is 8.61. The lowest BCUT2D eigenvalue weighted by molar-refractivity contribution is 0.164. The number of rotatable bonds is 6. The first kappa shape index (κ1) is 28.0. The maximum Gasteiger partial charge on any atom is 0.321 e. The van der Waals surface area contributed by atoms with Crippen LogP contribution in [-0.2, 0) is 6.54 Å². The summed E-state index contributed by atoms with van der Waals surface area (Å²) in [6.45, 7) is 8.04. The van der Waals surface area contributed by atoms with E-state index in [0.29, 0.717) is 23.8 Å². The summed E-state index contributed by atoms with van der Waals surface area (Å²) < 4.78 is 45.9. The highest BCUT2D eigenvalue weighted by molar-refractivity contribution is 5.89. The van der Waals surface area contributed by atoms with Crippen LogP contribution in [0.25, 0.3) is 0 Å². The quantitative estimate of drug-likeness (QED) is 0.362. The van der Waals surface area contributed by atoms with Crippen LogP contribution in [0.3, 0.4) is 0 Å². The third-order valence-corrected chi connectivity index (χ3v) is 7.88. The van der Waals surface area contributed by atoms with Crippen LogP contribution < -0.4 is 10.1 Å². The average Bonchev–Trinajstić information content (AvgIpc) is 2.94. The summed E-state index contributed by atoms with van der Waals surface area (Å²) in [7, 11) is 2.07. The van der Waals surface area contributed by atoms with Gasteiger partial charge < -0.3 is 19.9 Å². The van der Waals surface area contributed by atoms with Crippen molar-refractivity contribution in [3.8, 4) is 11.5 Å². The first-order valence-electron chi connectivity index (χ1n) is 13.7. The highest BCUT2D eigenvalue weighted by Crippen LogP contribution is 2.33. The fraction of sp³-hybridized carbons (Fsp3) is 0.387. The molecule has 6 nitrogen and oxygen atoms in total. The fourth-order valence-electron chi connectivity index (χ4n) is 5.40. The summed E-state index contributed by atoms with van der Waals surface area (Å²) in [6.07, 6.45) is 2.04. The molecule has 0 saturated carbocycles. The first-order valence-corrected chi connectivity index (χ1v) is 13.7. The van der Waals surface area contributed by atoms with Crippen molar-refractivity contribution in [3.63, 3.8) is 0 Å². The van der Waals surface area contributed by atoms with Crippen molar-refractivity contribution in [2.24, 2.45) is 0 Å². The van der Waals surface area contributed by atoms with Crippen molar-refractivity contribution >= 4 is 11.7 Å². The fourth-order valence-corrected chi connectivity index (χ4v) is 5.40. The van der Waals surface area contributed by atoms with Gasteiger partial charge in [-0.15, -0.1) is 0 Å². The number of nitrogens with zero attached hydrogens (tertiary/aromatic N) is 3. The Morgan fingerprint density at radius 3 is 2.25 bits per heavy atom. The number of halogens is 3. The molecule has 2 heterocycles. The van der Waals surface area contributed by atoms with E-state index in [9.17, 15) is 18.0 Å². The number of hydrogen-bond acceptors (Lipinski definition) is 4. The zero-order valence-electron chi connectivity index (χ0n) is 22.9. The van der Waals surface area contributed by atoms with E-state index >= 15 is 0 Å². The predicted molar refractivity (Wildman–Crippen MR) is 149 cm³/mol. The molecule has 0 atom stereocenters. The normalized spacial score (nSPS) is 17.2. The van der Waals surface area contributed by atoms with Crippen LogP contribution in [0.2, 0.25) is 0 Å². The Hall–Kier alpha value is -3.56. The number of hydrogen-bond donors (Lipinski definition) is 1. The van der Waals surface area contributed by atoms with Crippen molar-refractivity contribution in [1.82, 2.24) is 14.7 Å². The summed E-state index contributed by atoms with van der Waals surface area (Å²) in [5, 5.41) is 3.09. The number of carbonyl (C=O) groups is 1. The van der Waals surface area contributed by atoms with Gasteiger partial charge in [0.05, 0.1) is 0 Å². The van der Waals surface area contributed by atoms with Gasteiger partial charge in [0.25, 0.3) is 0 Å². The van der Waals surface area contributed by atoms with E-state index < -0.39 is 17.5 Å². The number of likely N-dealkylation sites (tertiary alicyclic amines) is 1. The Balaban J connectivity index is 1.14. The number of benzene rings is 3. The smallest absolute Gasteiger partial charge is 0.321 e. The van der Waals surface area contributed by atoms with Gasteiger partial charge in [-0.2, -0.15) is 0 Å². The number of aryl methyl sites for hydroxylation is 1. The molecule has 0 unspecified atom stereocenters. The second-order valence-corrected chi connectivity index (χ2v) is 10.8. The summed E-state index contributed by atoms with van der Waals surface area (Å²) in [5.41, 5.74) is 4.46. The number of likely N-dealkylation sites (N-methyl/N-ethyl adjacent to an activating group) is 1. The van der Waals surface area contributed by atoms with E-state index in [1.807, 2.05) is 23.1 Å². The van der Waals surface area contributed by atoms with Gasteiger partial charge >= 0.3 is 6.03 Å². The summed E-state index contributed by atoms with van der Waals surface area (Å²) in [6, 6.07) is 14.6. The lowest BCUT2D eigenvalue weighted by atomic mass is 9.86. The number of piperidine rings is 1. The Morgan fingerprint density at radius 2 is 1.55 bits per heavy atom. The Labute approximate surface area is 233 Å². The monoisotopic (exact) mass is 552 g/mol. The molecule has 2 aliphatic heterocycles. The molecule has 2 fully saturated rings. The van der Waals surface area contributed by atoms with Crippen LogP contribution in [0.4, 0.5) is 23.7 Å². The van der Waals surface area contributed by atoms with E-state index in [0.717, 1.165) is 69.9 Å². The van der Waals surface area contributed by atoms with Gasteiger partial charge in [0.1, 0.15) is 5.75 Å². The molecule has 212 valence electrons. The number of nitrogens with one attached hydrogen (secondary N) is 1. The summed E-state index contributed by atoms with van der Waals surface area (Å²) in [5.74, 6) is -2.94. The number of piperazine rings is 1. The number of carbonyl (C=O) groups excluding carboxylic acids is 1. The zero-order chi connectivity index (χ0) is 28.2. The molecule has 2 amide bonds.